The fourth-order valence-corrected chi connectivity index (χ4v) is 3.97. The highest BCUT2D eigenvalue weighted by molar-refractivity contribution is 7.18. The molecule has 1 atom stereocenters. The average Bonchev–Trinajstić information content (AvgIpc) is 3.25. The van der Waals surface area contributed by atoms with Crippen molar-refractivity contribution in [3.05, 3.63) is 69.6 Å². The molecule has 3 aromatic rings. The standard InChI is InChI=1S/C22H25ClN4O2S/c1-13-12-16(25-21(29)22(2,3)4)30-18(13)20(28)26-17(19-24-10-11-27(19)5)14-6-8-15(23)9-7-14/h6-12,17H,1-5H3,(H,25,29)(H,26,28). The monoisotopic (exact) mass is 444 g/mol. The van der Waals surface area contributed by atoms with E-state index in [1.807, 2.05) is 63.7 Å². The molecule has 0 saturated heterocycles. The van der Waals surface area contributed by atoms with Crippen molar-refractivity contribution in [2.24, 2.45) is 12.5 Å². The first-order valence-electron chi connectivity index (χ1n) is 9.51. The Labute approximate surface area is 185 Å². The van der Waals surface area contributed by atoms with E-state index in [2.05, 4.69) is 15.6 Å². The Hall–Kier alpha value is -2.64. The number of imidazole rings is 1. The zero-order valence-corrected chi connectivity index (χ0v) is 19.2. The Morgan fingerprint density at radius 3 is 2.43 bits per heavy atom. The van der Waals surface area contributed by atoms with Gasteiger partial charge < -0.3 is 15.2 Å². The summed E-state index contributed by atoms with van der Waals surface area (Å²) in [5, 5.41) is 7.25. The zero-order valence-electron chi connectivity index (χ0n) is 17.6. The lowest BCUT2D eigenvalue weighted by atomic mass is 9.96. The zero-order chi connectivity index (χ0) is 22.1. The first kappa shape index (κ1) is 22.1. The summed E-state index contributed by atoms with van der Waals surface area (Å²) in [4.78, 5) is 30.4. The van der Waals surface area contributed by atoms with Crippen molar-refractivity contribution < 1.29 is 9.59 Å². The van der Waals surface area contributed by atoms with E-state index in [4.69, 9.17) is 11.6 Å². The highest BCUT2D eigenvalue weighted by atomic mass is 35.5. The van der Waals surface area contributed by atoms with Gasteiger partial charge in [0.05, 0.1) is 9.88 Å². The van der Waals surface area contributed by atoms with Crippen LogP contribution in [0.25, 0.3) is 0 Å². The molecule has 0 aliphatic carbocycles. The molecule has 6 nitrogen and oxygen atoms in total. The van der Waals surface area contributed by atoms with Crippen molar-refractivity contribution in [1.82, 2.24) is 14.9 Å². The summed E-state index contributed by atoms with van der Waals surface area (Å²) in [5.41, 5.74) is 1.16. The Kier molecular flexibility index (Phi) is 6.33. The SMILES string of the molecule is Cc1cc(NC(=O)C(C)(C)C)sc1C(=O)NC(c1ccc(Cl)cc1)c1nccn1C. The van der Waals surface area contributed by atoms with Crippen LogP contribution in [0, 0.1) is 12.3 Å². The van der Waals surface area contributed by atoms with Crippen LogP contribution in [0.4, 0.5) is 5.00 Å². The van der Waals surface area contributed by atoms with Crippen molar-refractivity contribution in [2.75, 3.05) is 5.32 Å². The van der Waals surface area contributed by atoms with Gasteiger partial charge in [0, 0.05) is 29.9 Å². The van der Waals surface area contributed by atoms with Crippen molar-refractivity contribution in [3.63, 3.8) is 0 Å². The van der Waals surface area contributed by atoms with E-state index in [-0.39, 0.29) is 11.8 Å². The largest absolute Gasteiger partial charge is 0.337 e. The fraction of sp³-hybridized carbons (Fsp3) is 0.318. The van der Waals surface area contributed by atoms with E-state index in [1.54, 1.807) is 18.3 Å². The maximum absolute atomic E-state index is 13.1. The number of hydrogen-bond acceptors (Lipinski definition) is 4. The van der Waals surface area contributed by atoms with Crippen LogP contribution in [0.2, 0.25) is 5.02 Å². The number of carbonyl (C=O) groups is 2. The lowest BCUT2D eigenvalue weighted by Crippen LogP contribution is -2.31. The maximum atomic E-state index is 13.1. The van der Waals surface area contributed by atoms with Crippen LogP contribution in [-0.2, 0) is 11.8 Å². The second-order valence-corrected chi connectivity index (χ2v) is 9.67. The molecule has 2 amide bonds. The van der Waals surface area contributed by atoms with E-state index in [1.165, 1.54) is 11.3 Å². The van der Waals surface area contributed by atoms with Gasteiger partial charge in [-0.25, -0.2) is 4.98 Å². The molecule has 0 aliphatic heterocycles. The summed E-state index contributed by atoms with van der Waals surface area (Å²) < 4.78 is 1.87. The minimum atomic E-state index is -0.516. The second-order valence-electron chi connectivity index (χ2n) is 8.18. The molecule has 0 fully saturated rings. The van der Waals surface area contributed by atoms with Crippen molar-refractivity contribution in [2.45, 2.75) is 33.7 Å². The fourth-order valence-electron chi connectivity index (χ4n) is 2.87. The molecule has 0 spiro atoms. The van der Waals surface area contributed by atoms with Crippen molar-refractivity contribution >= 4 is 39.8 Å². The smallest absolute Gasteiger partial charge is 0.262 e. The molecule has 2 aromatic heterocycles. The molecule has 3 rings (SSSR count). The third-order valence-electron chi connectivity index (χ3n) is 4.64. The van der Waals surface area contributed by atoms with Crippen molar-refractivity contribution in [1.29, 1.82) is 0 Å². The first-order valence-corrected chi connectivity index (χ1v) is 10.7. The van der Waals surface area contributed by atoms with Crippen LogP contribution in [0.3, 0.4) is 0 Å². The quantitative estimate of drug-likeness (QED) is 0.584. The number of aromatic nitrogens is 2. The molecule has 0 radical (unpaired) electrons. The van der Waals surface area contributed by atoms with Gasteiger partial charge in [-0.15, -0.1) is 11.3 Å². The van der Waals surface area contributed by atoms with Crippen molar-refractivity contribution in [3.8, 4) is 0 Å². The Bertz CT molecular complexity index is 1060. The van der Waals surface area contributed by atoms with Gasteiger partial charge in [-0.1, -0.05) is 44.5 Å². The number of rotatable bonds is 5. The van der Waals surface area contributed by atoms with Crippen LogP contribution in [0.5, 0.6) is 0 Å². The van der Waals surface area contributed by atoms with E-state index in [9.17, 15) is 9.59 Å². The number of thiophene rings is 1. The second kappa shape index (κ2) is 8.62. The number of carbonyl (C=O) groups excluding carboxylic acids is 2. The lowest BCUT2D eigenvalue weighted by molar-refractivity contribution is -0.123. The molecule has 1 aromatic carbocycles. The van der Waals surface area contributed by atoms with Crippen LogP contribution < -0.4 is 10.6 Å². The van der Waals surface area contributed by atoms with Crippen LogP contribution >= 0.6 is 22.9 Å². The average molecular weight is 445 g/mol. The number of anilines is 1. The van der Waals surface area contributed by atoms with Gasteiger partial charge in [0.25, 0.3) is 5.91 Å². The topological polar surface area (TPSA) is 76.0 Å². The van der Waals surface area contributed by atoms with E-state index >= 15 is 0 Å². The molecule has 0 aliphatic rings. The number of nitrogens with zero attached hydrogens (tertiary/aromatic N) is 2. The third kappa shape index (κ3) is 4.91. The summed E-state index contributed by atoms with van der Waals surface area (Å²) in [6.07, 6.45) is 3.53. The summed E-state index contributed by atoms with van der Waals surface area (Å²) in [5.74, 6) is 0.389. The Morgan fingerprint density at radius 2 is 1.87 bits per heavy atom. The third-order valence-corrected chi connectivity index (χ3v) is 6.04. The number of nitrogens with one attached hydrogen (secondary N) is 2. The van der Waals surface area contributed by atoms with E-state index in [0.717, 1.165) is 11.1 Å². The number of amides is 2. The molecule has 1 unspecified atom stereocenters. The molecule has 2 N–H and O–H groups in total. The normalized spacial score (nSPS) is 12.5. The summed E-state index contributed by atoms with van der Waals surface area (Å²) in [6.45, 7) is 7.40. The van der Waals surface area contributed by atoms with Gasteiger partial charge in [-0.05, 0) is 36.2 Å². The Morgan fingerprint density at radius 1 is 1.20 bits per heavy atom. The predicted molar refractivity (Wildman–Crippen MR) is 121 cm³/mol. The molecule has 2 heterocycles. The molecular formula is C22H25ClN4O2S. The van der Waals surface area contributed by atoms with E-state index < -0.39 is 11.5 Å². The summed E-state index contributed by atoms with van der Waals surface area (Å²) in [6, 6.07) is 8.70. The van der Waals surface area contributed by atoms with Crippen LogP contribution in [-0.4, -0.2) is 21.4 Å². The number of hydrogen-bond donors (Lipinski definition) is 2. The maximum Gasteiger partial charge on any atom is 0.262 e. The van der Waals surface area contributed by atoms with Gasteiger partial charge in [0.1, 0.15) is 11.9 Å². The van der Waals surface area contributed by atoms with E-state index in [0.29, 0.717) is 20.7 Å². The number of benzene rings is 1. The highest BCUT2D eigenvalue weighted by Crippen LogP contribution is 2.30. The van der Waals surface area contributed by atoms with Crippen LogP contribution in [0.1, 0.15) is 53.4 Å². The lowest BCUT2D eigenvalue weighted by Gasteiger charge is -2.19. The van der Waals surface area contributed by atoms with Gasteiger partial charge in [0.2, 0.25) is 5.91 Å². The summed E-state index contributed by atoms with van der Waals surface area (Å²) in [7, 11) is 1.88. The number of halogens is 1. The van der Waals surface area contributed by atoms with Gasteiger partial charge in [-0.3, -0.25) is 9.59 Å². The van der Waals surface area contributed by atoms with Gasteiger partial charge in [0.15, 0.2) is 0 Å². The highest BCUT2D eigenvalue weighted by Gasteiger charge is 2.25. The molecule has 0 bridgehead atoms. The first-order chi connectivity index (χ1) is 14.1. The molecule has 8 heteroatoms. The molecule has 0 saturated carbocycles. The summed E-state index contributed by atoms with van der Waals surface area (Å²) >= 11 is 7.29. The number of aryl methyl sites for hydroxylation is 2. The minimum absolute atomic E-state index is 0.0947. The molecule has 158 valence electrons. The molecular weight excluding hydrogens is 420 g/mol. The molecule has 30 heavy (non-hydrogen) atoms. The Balaban J connectivity index is 1.87. The minimum Gasteiger partial charge on any atom is -0.337 e. The van der Waals surface area contributed by atoms with Gasteiger partial charge in [-0.2, -0.15) is 0 Å². The predicted octanol–water partition coefficient (Wildman–Crippen LogP) is 4.95. The van der Waals surface area contributed by atoms with Gasteiger partial charge >= 0.3 is 0 Å². The van der Waals surface area contributed by atoms with Crippen LogP contribution in [0.15, 0.2) is 42.7 Å².